The molecule has 1 aliphatic rings. The van der Waals surface area contributed by atoms with Crippen LogP contribution >= 0.6 is 0 Å². The second kappa shape index (κ2) is 6.22. The lowest BCUT2D eigenvalue weighted by Gasteiger charge is -2.30. The minimum absolute atomic E-state index is 0.431. The molecule has 0 aromatic heterocycles. The standard InChI is InChI=1S/C15H21F2NO3S2/c1-14(2,3)22(19)18-13(11-9-10-11)15(16,17)23(20,21)12-7-5-4-6-8-12/h4-8,11,13,18H,9-10H2,1-3H3/t13-,22+/m0/s1. The minimum atomic E-state index is -4.86. The summed E-state index contributed by atoms with van der Waals surface area (Å²) in [6.07, 6.45) is 0.998. The van der Waals surface area contributed by atoms with Crippen LogP contribution in [0.25, 0.3) is 0 Å². The van der Waals surface area contributed by atoms with Crippen molar-refractivity contribution >= 4 is 20.8 Å². The molecule has 4 nitrogen and oxygen atoms in total. The number of halogens is 2. The quantitative estimate of drug-likeness (QED) is 0.843. The fourth-order valence-corrected chi connectivity index (χ4v) is 4.50. The zero-order chi connectivity index (χ0) is 17.5. The smallest absolute Gasteiger partial charge is 0.242 e. The number of rotatable bonds is 6. The van der Waals surface area contributed by atoms with Crippen LogP contribution < -0.4 is 4.72 Å². The molecule has 0 unspecified atom stereocenters. The Labute approximate surface area is 138 Å². The van der Waals surface area contributed by atoms with E-state index in [1.165, 1.54) is 12.1 Å². The summed E-state index contributed by atoms with van der Waals surface area (Å²) in [5.74, 6) is -0.491. The largest absolute Gasteiger partial charge is 0.366 e. The molecule has 1 fully saturated rings. The van der Waals surface area contributed by atoms with Crippen LogP contribution in [0.15, 0.2) is 35.2 Å². The number of hydrogen-bond acceptors (Lipinski definition) is 3. The SMILES string of the molecule is CC(C)(C)[S@@](=O)N[C@@H](C1CC1)C(F)(F)S(=O)(=O)c1ccccc1. The monoisotopic (exact) mass is 365 g/mol. The van der Waals surface area contributed by atoms with Gasteiger partial charge in [0.25, 0.3) is 0 Å². The Balaban J connectivity index is 2.36. The van der Waals surface area contributed by atoms with E-state index < -0.39 is 47.7 Å². The lowest BCUT2D eigenvalue weighted by atomic mass is 10.2. The van der Waals surface area contributed by atoms with Gasteiger partial charge in [-0.2, -0.15) is 8.78 Å². The van der Waals surface area contributed by atoms with Crippen molar-refractivity contribution < 1.29 is 21.4 Å². The third kappa shape index (κ3) is 3.80. The van der Waals surface area contributed by atoms with Crippen molar-refractivity contribution in [3.63, 3.8) is 0 Å². The third-order valence-corrected chi connectivity index (χ3v) is 7.10. The first-order valence-corrected chi connectivity index (χ1v) is 9.97. The molecule has 2 rings (SSSR count). The molecule has 1 aliphatic carbocycles. The van der Waals surface area contributed by atoms with Gasteiger partial charge in [-0.05, 0) is 51.7 Å². The number of hydrogen-bond donors (Lipinski definition) is 1. The Kier molecular flexibility index (Phi) is 4.99. The van der Waals surface area contributed by atoms with E-state index in [-0.39, 0.29) is 0 Å². The van der Waals surface area contributed by atoms with Gasteiger partial charge in [-0.15, -0.1) is 0 Å². The highest BCUT2D eigenvalue weighted by Gasteiger charge is 2.58. The van der Waals surface area contributed by atoms with Crippen LogP contribution in [0.4, 0.5) is 8.78 Å². The van der Waals surface area contributed by atoms with Gasteiger partial charge >= 0.3 is 5.25 Å². The first-order chi connectivity index (χ1) is 10.5. The zero-order valence-electron chi connectivity index (χ0n) is 13.3. The van der Waals surface area contributed by atoms with Crippen molar-refractivity contribution in [2.75, 3.05) is 0 Å². The van der Waals surface area contributed by atoms with Gasteiger partial charge in [-0.1, -0.05) is 18.2 Å². The molecule has 1 aromatic carbocycles. The predicted octanol–water partition coefficient (Wildman–Crippen LogP) is 2.88. The van der Waals surface area contributed by atoms with Gasteiger partial charge < -0.3 is 0 Å². The van der Waals surface area contributed by atoms with Gasteiger partial charge in [0.05, 0.1) is 20.6 Å². The highest BCUT2D eigenvalue weighted by Crippen LogP contribution is 2.44. The van der Waals surface area contributed by atoms with E-state index in [0.29, 0.717) is 12.8 Å². The van der Waals surface area contributed by atoms with Crippen LogP contribution in [0.3, 0.4) is 0 Å². The number of sulfone groups is 1. The molecule has 0 spiro atoms. The van der Waals surface area contributed by atoms with Gasteiger partial charge in [0, 0.05) is 0 Å². The maximum absolute atomic E-state index is 14.8. The number of alkyl halides is 2. The summed E-state index contributed by atoms with van der Waals surface area (Å²) in [5.41, 5.74) is 0. The molecule has 8 heteroatoms. The van der Waals surface area contributed by atoms with Crippen LogP contribution in [0.1, 0.15) is 33.6 Å². The van der Waals surface area contributed by atoms with Crippen LogP contribution in [0, 0.1) is 5.92 Å². The van der Waals surface area contributed by atoms with E-state index in [0.717, 1.165) is 12.1 Å². The van der Waals surface area contributed by atoms with Gasteiger partial charge in [-0.25, -0.2) is 17.3 Å². The molecule has 0 heterocycles. The second-order valence-corrected chi connectivity index (χ2v) is 10.7. The van der Waals surface area contributed by atoms with Gasteiger partial charge in [-0.3, -0.25) is 0 Å². The average molecular weight is 365 g/mol. The van der Waals surface area contributed by atoms with Crippen LogP contribution in [0.2, 0.25) is 0 Å². The normalized spacial score (nSPS) is 19.3. The van der Waals surface area contributed by atoms with Gasteiger partial charge in [0.15, 0.2) is 0 Å². The molecule has 23 heavy (non-hydrogen) atoms. The molecule has 0 saturated heterocycles. The molecule has 1 aromatic rings. The Morgan fingerprint density at radius 3 is 2.13 bits per heavy atom. The third-order valence-electron chi connectivity index (χ3n) is 3.66. The molecule has 1 N–H and O–H groups in total. The summed E-state index contributed by atoms with van der Waals surface area (Å²) < 4.78 is 68.2. The molecule has 130 valence electrons. The fourth-order valence-electron chi connectivity index (χ4n) is 2.08. The fraction of sp³-hybridized carbons (Fsp3) is 0.600. The highest BCUT2D eigenvalue weighted by atomic mass is 32.2. The van der Waals surface area contributed by atoms with Crippen molar-refractivity contribution in [3.8, 4) is 0 Å². The molecule has 2 atom stereocenters. The molecule has 0 aliphatic heterocycles. The molecule has 0 bridgehead atoms. The van der Waals surface area contributed by atoms with E-state index >= 15 is 0 Å². The topological polar surface area (TPSA) is 63.2 Å². The zero-order valence-corrected chi connectivity index (χ0v) is 14.9. The van der Waals surface area contributed by atoms with Gasteiger partial charge in [0.2, 0.25) is 9.84 Å². The van der Waals surface area contributed by atoms with Crippen LogP contribution in [0.5, 0.6) is 0 Å². The first-order valence-electron chi connectivity index (χ1n) is 7.33. The predicted molar refractivity (Wildman–Crippen MR) is 86.1 cm³/mol. The number of nitrogens with one attached hydrogen (secondary N) is 1. The van der Waals surface area contributed by atoms with E-state index in [2.05, 4.69) is 4.72 Å². The van der Waals surface area contributed by atoms with Crippen LogP contribution in [-0.2, 0) is 20.8 Å². The Morgan fingerprint density at radius 1 is 1.17 bits per heavy atom. The summed E-state index contributed by atoms with van der Waals surface area (Å²) in [6.45, 7) is 4.93. The lowest BCUT2D eigenvalue weighted by Crippen LogP contribution is -2.54. The Hall–Kier alpha value is -0.860. The van der Waals surface area contributed by atoms with E-state index in [1.807, 2.05) is 0 Å². The lowest BCUT2D eigenvalue weighted by molar-refractivity contribution is 0.0479. The summed E-state index contributed by atoms with van der Waals surface area (Å²) >= 11 is 0. The summed E-state index contributed by atoms with van der Waals surface area (Å²) in [4.78, 5) is -0.431. The maximum Gasteiger partial charge on any atom is 0.366 e. The Bertz CT molecular complexity index is 680. The first kappa shape index (κ1) is 18.5. The van der Waals surface area contributed by atoms with E-state index in [9.17, 15) is 21.4 Å². The second-order valence-electron chi connectivity index (χ2n) is 6.69. The molecular weight excluding hydrogens is 344 g/mol. The molecule has 0 amide bonds. The number of benzene rings is 1. The van der Waals surface area contributed by atoms with Gasteiger partial charge in [0.1, 0.15) is 6.04 Å². The summed E-state index contributed by atoms with van der Waals surface area (Å²) in [5, 5.41) is -4.03. The van der Waals surface area contributed by atoms with E-state index in [1.54, 1.807) is 26.8 Å². The maximum atomic E-state index is 14.8. The molecular formula is C15H21F2NO3S2. The Morgan fingerprint density at radius 2 is 1.70 bits per heavy atom. The van der Waals surface area contributed by atoms with Crippen molar-refractivity contribution in [3.05, 3.63) is 30.3 Å². The van der Waals surface area contributed by atoms with Crippen molar-refractivity contribution in [1.29, 1.82) is 0 Å². The van der Waals surface area contributed by atoms with Crippen LogP contribution in [-0.4, -0.2) is 28.7 Å². The summed E-state index contributed by atoms with van der Waals surface area (Å²) in [7, 11) is -6.64. The highest BCUT2D eigenvalue weighted by molar-refractivity contribution is 7.92. The average Bonchev–Trinajstić information content (AvgIpc) is 3.28. The molecule has 1 saturated carbocycles. The van der Waals surface area contributed by atoms with Crippen molar-refractivity contribution in [2.45, 2.75) is 54.6 Å². The van der Waals surface area contributed by atoms with Crippen molar-refractivity contribution in [2.24, 2.45) is 5.92 Å². The summed E-state index contributed by atoms with van der Waals surface area (Å²) in [6, 6.07) is 4.99. The van der Waals surface area contributed by atoms with E-state index in [4.69, 9.17) is 0 Å². The van der Waals surface area contributed by atoms with Crippen molar-refractivity contribution in [1.82, 2.24) is 4.72 Å². The minimum Gasteiger partial charge on any atom is -0.242 e. The molecule has 0 radical (unpaired) electrons.